The van der Waals surface area contributed by atoms with Crippen molar-refractivity contribution in [2.24, 2.45) is 5.92 Å². The van der Waals surface area contributed by atoms with Gasteiger partial charge >= 0.3 is 0 Å². The summed E-state index contributed by atoms with van der Waals surface area (Å²) in [4.78, 5) is 2.42. The predicted octanol–water partition coefficient (Wildman–Crippen LogP) is 6.18. The van der Waals surface area contributed by atoms with Crippen LogP contribution in [-0.4, -0.2) is 22.2 Å². The van der Waals surface area contributed by atoms with Gasteiger partial charge in [-0.2, -0.15) is 0 Å². The highest BCUT2D eigenvalue weighted by atomic mass is 16.3. The van der Waals surface area contributed by atoms with Crippen LogP contribution in [0, 0.1) is 5.92 Å². The van der Waals surface area contributed by atoms with Crippen molar-refractivity contribution in [2.45, 2.75) is 45.5 Å². The Hall–Kier alpha value is -2.68. The molecule has 0 aliphatic rings. The van der Waals surface area contributed by atoms with Crippen molar-refractivity contribution in [2.75, 3.05) is 0 Å². The SMILES string of the molecule is CC(C)C[C@@H]([C@@H](O)/C=C/c1ccccc1)N(Cc1ccccc1)Cc1ccccc1. The van der Waals surface area contributed by atoms with Gasteiger partial charge in [0.1, 0.15) is 0 Å². The summed E-state index contributed by atoms with van der Waals surface area (Å²) < 4.78 is 0. The van der Waals surface area contributed by atoms with Gasteiger partial charge in [-0.3, -0.25) is 4.90 Å². The van der Waals surface area contributed by atoms with Crippen molar-refractivity contribution in [1.29, 1.82) is 0 Å². The van der Waals surface area contributed by atoms with E-state index in [-0.39, 0.29) is 6.04 Å². The van der Waals surface area contributed by atoms with E-state index in [0.717, 1.165) is 25.1 Å². The molecular formula is C28H33NO. The van der Waals surface area contributed by atoms with E-state index in [4.69, 9.17) is 0 Å². The minimum Gasteiger partial charge on any atom is -0.387 e. The average Bonchev–Trinajstić information content (AvgIpc) is 2.77. The number of hydrogen-bond donors (Lipinski definition) is 1. The Morgan fingerprint density at radius 2 is 1.20 bits per heavy atom. The molecule has 1 N–H and O–H groups in total. The average molecular weight is 400 g/mol. The summed E-state index contributed by atoms with van der Waals surface area (Å²) in [5.74, 6) is 0.490. The van der Waals surface area contributed by atoms with E-state index in [2.05, 4.69) is 79.4 Å². The second-order valence-electron chi connectivity index (χ2n) is 8.33. The molecule has 0 radical (unpaired) electrons. The molecule has 0 heterocycles. The molecule has 0 spiro atoms. The van der Waals surface area contributed by atoms with Crippen LogP contribution < -0.4 is 0 Å². The minimum atomic E-state index is -0.542. The van der Waals surface area contributed by atoms with Crippen LogP contribution in [0.4, 0.5) is 0 Å². The Morgan fingerprint density at radius 3 is 1.67 bits per heavy atom. The van der Waals surface area contributed by atoms with Gasteiger partial charge in [0.05, 0.1) is 6.10 Å². The molecule has 0 aliphatic carbocycles. The summed E-state index contributed by atoms with van der Waals surface area (Å²) in [6.45, 7) is 6.07. The molecule has 0 saturated carbocycles. The van der Waals surface area contributed by atoms with E-state index in [1.54, 1.807) is 0 Å². The van der Waals surface area contributed by atoms with Gasteiger partial charge in [0.2, 0.25) is 0 Å². The smallest absolute Gasteiger partial charge is 0.0879 e. The fourth-order valence-electron chi connectivity index (χ4n) is 3.82. The van der Waals surface area contributed by atoms with Gasteiger partial charge in [-0.25, -0.2) is 0 Å². The maximum absolute atomic E-state index is 11.2. The van der Waals surface area contributed by atoms with Crippen LogP contribution in [0.1, 0.15) is 37.0 Å². The molecule has 30 heavy (non-hydrogen) atoms. The number of benzene rings is 3. The first-order valence-electron chi connectivity index (χ1n) is 10.8. The minimum absolute atomic E-state index is 0.0328. The predicted molar refractivity (Wildman–Crippen MR) is 127 cm³/mol. The third-order valence-corrected chi connectivity index (χ3v) is 5.32. The lowest BCUT2D eigenvalue weighted by atomic mass is 9.95. The number of aliphatic hydroxyl groups excluding tert-OH is 1. The molecular weight excluding hydrogens is 366 g/mol. The zero-order chi connectivity index (χ0) is 21.2. The normalized spacial score (nSPS) is 13.8. The van der Waals surface area contributed by atoms with Gasteiger partial charge < -0.3 is 5.11 Å². The maximum atomic E-state index is 11.2. The molecule has 156 valence electrons. The Kier molecular flexibility index (Phi) is 8.43. The van der Waals surface area contributed by atoms with E-state index in [0.29, 0.717) is 5.92 Å². The Labute approximate surface area is 181 Å². The zero-order valence-corrected chi connectivity index (χ0v) is 18.1. The summed E-state index contributed by atoms with van der Waals surface area (Å²) >= 11 is 0. The number of nitrogens with zero attached hydrogens (tertiary/aromatic N) is 1. The van der Waals surface area contributed by atoms with Crippen molar-refractivity contribution in [3.05, 3.63) is 114 Å². The van der Waals surface area contributed by atoms with E-state index in [1.807, 2.05) is 42.5 Å². The van der Waals surface area contributed by atoms with Gasteiger partial charge in [0.25, 0.3) is 0 Å². The van der Waals surface area contributed by atoms with Crippen LogP contribution in [-0.2, 0) is 13.1 Å². The van der Waals surface area contributed by atoms with Gasteiger partial charge in [-0.1, -0.05) is 117 Å². The number of rotatable bonds is 10. The molecule has 0 bridgehead atoms. The van der Waals surface area contributed by atoms with Crippen molar-refractivity contribution in [3.63, 3.8) is 0 Å². The van der Waals surface area contributed by atoms with Crippen molar-refractivity contribution < 1.29 is 5.11 Å². The zero-order valence-electron chi connectivity index (χ0n) is 18.1. The molecule has 0 saturated heterocycles. The first-order chi connectivity index (χ1) is 14.6. The molecule has 2 atom stereocenters. The Bertz CT molecular complexity index is 833. The lowest BCUT2D eigenvalue weighted by molar-refractivity contribution is 0.0546. The third kappa shape index (κ3) is 6.98. The van der Waals surface area contributed by atoms with Gasteiger partial charge in [-0.15, -0.1) is 0 Å². The largest absolute Gasteiger partial charge is 0.387 e. The van der Waals surface area contributed by atoms with E-state index in [1.165, 1.54) is 11.1 Å². The molecule has 0 fully saturated rings. The van der Waals surface area contributed by atoms with Crippen molar-refractivity contribution in [1.82, 2.24) is 4.90 Å². The maximum Gasteiger partial charge on any atom is 0.0879 e. The van der Waals surface area contributed by atoms with Crippen LogP contribution >= 0.6 is 0 Å². The quantitative estimate of drug-likeness (QED) is 0.440. The standard InChI is InChI=1S/C28H33NO/c1-23(2)20-27(28(30)19-18-24-12-6-3-7-13-24)29(21-25-14-8-4-9-15-25)22-26-16-10-5-11-17-26/h3-19,23,27-28,30H,20-22H2,1-2H3/b19-18+/t27-,28-/m0/s1. The molecule has 3 aromatic carbocycles. The molecule has 0 amide bonds. The fraction of sp³-hybridized carbons (Fsp3) is 0.286. The first-order valence-corrected chi connectivity index (χ1v) is 10.8. The molecule has 0 aromatic heterocycles. The van der Waals surface area contributed by atoms with Crippen molar-refractivity contribution in [3.8, 4) is 0 Å². The first kappa shape index (κ1) is 22.0. The summed E-state index contributed by atoms with van der Waals surface area (Å²) in [5.41, 5.74) is 3.64. The van der Waals surface area contributed by atoms with Crippen molar-refractivity contribution >= 4 is 6.08 Å². The monoisotopic (exact) mass is 399 g/mol. The second kappa shape index (κ2) is 11.5. The number of hydrogen-bond acceptors (Lipinski definition) is 2. The summed E-state index contributed by atoms with van der Waals surface area (Å²) in [6.07, 6.45) is 4.37. The van der Waals surface area contributed by atoms with Gasteiger partial charge in [0.15, 0.2) is 0 Å². The molecule has 3 aromatic rings. The van der Waals surface area contributed by atoms with Gasteiger partial charge in [-0.05, 0) is 29.0 Å². The summed E-state index contributed by atoms with van der Waals surface area (Å²) in [7, 11) is 0. The highest BCUT2D eigenvalue weighted by Gasteiger charge is 2.26. The summed E-state index contributed by atoms with van der Waals surface area (Å²) in [6, 6.07) is 31.3. The van der Waals surface area contributed by atoms with Crippen LogP contribution in [0.5, 0.6) is 0 Å². The molecule has 0 aliphatic heterocycles. The van der Waals surface area contributed by atoms with E-state index in [9.17, 15) is 5.11 Å². The lowest BCUT2D eigenvalue weighted by Gasteiger charge is -2.35. The highest BCUT2D eigenvalue weighted by molar-refractivity contribution is 5.49. The van der Waals surface area contributed by atoms with Crippen LogP contribution in [0.15, 0.2) is 97.1 Å². The van der Waals surface area contributed by atoms with E-state index >= 15 is 0 Å². The summed E-state index contributed by atoms with van der Waals surface area (Å²) in [5, 5.41) is 11.2. The molecule has 2 heteroatoms. The number of aliphatic hydroxyl groups is 1. The van der Waals surface area contributed by atoms with Gasteiger partial charge in [0, 0.05) is 19.1 Å². The Morgan fingerprint density at radius 1 is 0.733 bits per heavy atom. The highest BCUT2D eigenvalue weighted by Crippen LogP contribution is 2.22. The second-order valence-corrected chi connectivity index (χ2v) is 8.33. The lowest BCUT2D eigenvalue weighted by Crippen LogP contribution is -2.43. The Balaban J connectivity index is 1.86. The van der Waals surface area contributed by atoms with Crippen LogP contribution in [0.2, 0.25) is 0 Å². The van der Waals surface area contributed by atoms with Crippen LogP contribution in [0.3, 0.4) is 0 Å². The third-order valence-electron chi connectivity index (χ3n) is 5.32. The topological polar surface area (TPSA) is 23.5 Å². The van der Waals surface area contributed by atoms with E-state index < -0.39 is 6.10 Å². The van der Waals surface area contributed by atoms with Crippen LogP contribution in [0.25, 0.3) is 6.08 Å². The fourth-order valence-corrected chi connectivity index (χ4v) is 3.82. The molecule has 3 rings (SSSR count). The molecule has 2 nitrogen and oxygen atoms in total. The molecule has 0 unspecified atom stereocenters.